The van der Waals surface area contributed by atoms with Crippen molar-refractivity contribution < 1.29 is 26.7 Å². The Hall–Kier alpha value is -0.390. The second kappa shape index (κ2) is 4.63. The Kier molecular flexibility index (Phi) is 4.51. The third kappa shape index (κ3) is 5.92. The van der Waals surface area contributed by atoms with Gasteiger partial charge in [0.15, 0.2) is 0 Å². The van der Waals surface area contributed by atoms with Crippen molar-refractivity contribution in [2.24, 2.45) is 0 Å². The molecule has 6 heteroatoms. The van der Waals surface area contributed by atoms with Crippen LogP contribution in [0.2, 0.25) is 0 Å². The number of alkyl halides is 5. The normalized spacial score (nSPS) is 14.4. The molecule has 92 valence electrons. The lowest BCUT2D eigenvalue weighted by Gasteiger charge is -2.22. The number of hydrogen-bond acceptors (Lipinski definition) is 1. The summed E-state index contributed by atoms with van der Waals surface area (Å²) in [7, 11) is 0. The Morgan fingerprint density at radius 2 is 1.40 bits per heavy atom. The molecule has 0 amide bonds. The van der Waals surface area contributed by atoms with E-state index in [9.17, 15) is 22.0 Å². The molecule has 0 heterocycles. The van der Waals surface area contributed by atoms with Gasteiger partial charge in [-0.1, -0.05) is 0 Å². The Bertz CT molecular complexity index is 192. The van der Waals surface area contributed by atoms with Crippen LogP contribution in [0.15, 0.2) is 0 Å². The van der Waals surface area contributed by atoms with Gasteiger partial charge in [0.05, 0.1) is 5.60 Å². The average molecular weight is 234 g/mol. The number of rotatable bonds is 4. The van der Waals surface area contributed by atoms with Crippen LogP contribution < -0.4 is 0 Å². The number of hydrogen-bond donors (Lipinski definition) is 0. The maximum absolute atomic E-state index is 12.4. The minimum Gasteiger partial charge on any atom is -0.376 e. The summed E-state index contributed by atoms with van der Waals surface area (Å²) < 4.78 is 64.9. The molecule has 0 rings (SSSR count). The van der Waals surface area contributed by atoms with Crippen LogP contribution >= 0.6 is 0 Å². The van der Waals surface area contributed by atoms with Crippen LogP contribution in [0.3, 0.4) is 0 Å². The van der Waals surface area contributed by atoms with Crippen LogP contribution in [0, 0.1) is 0 Å². The van der Waals surface area contributed by atoms with Crippen LogP contribution in [0.4, 0.5) is 22.0 Å². The second-order valence-corrected chi connectivity index (χ2v) is 4.27. The quantitative estimate of drug-likeness (QED) is 0.531. The fourth-order valence-corrected chi connectivity index (χ4v) is 0.814. The van der Waals surface area contributed by atoms with Crippen molar-refractivity contribution in [3.63, 3.8) is 0 Å². The minimum atomic E-state index is -5.46. The van der Waals surface area contributed by atoms with Gasteiger partial charge in [0.2, 0.25) is 0 Å². The number of halogens is 5. The smallest absolute Gasteiger partial charge is 0.376 e. The lowest BCUT2D eigenvalue weighted by Crippen LogP contribution is -2.36. The molecule has 1 nitrogen and oxygen atoms in total. The maximum atomic E-state index is 12.4. The standard InChI is InChI=1S/C9H15F5O/c1-7(2,3)15-6-4-5-8(10,11)9(12,13)14/h4-6H2,1-3H3. The Morgan fingerprint density at radius 3 is 1.73 bits per heavy atom. The minimum absolute atomic E-state index is 0.102. The SMILES string of the molecule is CC(C)(C)OCCCC(F)(F)C(F)(F)F. The molecular formula is C9H15F5O. The molecule has 0 saturated heterocycles. The molecule has 15 heavy (non-hydrogen) atoms. The first kappa shape index (κ1) is 14.6. The van der Waals surface area contributed by atoms with Crippen LogP contribution in [-0.2, 0) is 4.74 Å². The van der Waals surface area contributed by atoms with Gasteiger partial charge in [-0.2, -0.15) is 22.0 Å². The van der Waals surface area contributed by atoms with E-state index in [-0.39, 0.29) is 13.0 Å². The van der Waals surface area contributed by atoms with E-state index in [1.807, 2.05) is 0 Å². The summed E-state index contributed by atoms with van der Waals surface area (Å²) in [5.41, 5.74) is -0.520. The molecule has 0 aromatic carbocycles. The molecule has 0 atom stereocenters. The molecule has 0 aliphatic rings. The van der Waals surface area contributed by atoms with E-state index >= 15 is 0 Å². The van der Waals surface area contributed by atoms with E-state index < -0.39 is 24.1 Å². The fraction of sp³-hybridized carbons (Fsp3) is 1.00. The highest BCUT2D eigenvalue weighted by Crippen LogP contribution is 2.38. The third-order valence-corrected chi connectivity index (χ3v) is 1.58. The van der Waals surface area contributed by atoms with E-state index in [1.54, 1.807) is 20.8 Å². The summed E-state index contributed by atoms with van der Waals surface area (Å²) >= 11 is 0. The van der Waals surface area contributed by atoms with Gasteiger partial charge in [-0.25, -0.2) is 0 Å². The molecule has 0 aliphatic carbocycles. The summed E-state index contributed by atoms with van der Waals surface area (Å²) in [6, 6.07) is 0. The van der Waals surface area contributed by atoms with E-state index in [4.69, 9.17) is 4.74 Å². The average Bonchev–Trinajstić information content (AvgIpc) is 1.94. The highest BCUT2D eigenvalue weighted by atomic mass is 19.4. The van der Waals surface area contributed by atoms with Gasteiger partial charge >= 0.3 is 12.1 Å². The first-order chi connectivity index (χ1) is 6.46. The molecule has 0 fully saturated rings. The Morgan fingerprint density at radius 1 is 0.933 bits per heavy atom. The molecule has 0 unspecified atom stereocenters. The predicted octanol–water partition coefficient (Wildman–Crippen LogP) is 3.78. The predicted molar refractivity (Wildman–Crippen MR) is 45.9 cm³/mol. The Balaban J connectivity index is 3.87. The van der Waals surface area contributed by atoms with Gasteiger partial charge in [-0.3, -0.25) is 0 Å². The van der Waals surface area contributed by atoms with Crippen molar-refractivity contribution in [3.8, 4) is 0 Å². The highest BCUT2D eigenvalue weighted by Gasteiger charge is 2.56. The van der Waals surface area contributed by atoms with E-state index in [2.05, 4.69) is 0 Å². The van der Waals surface area contributed by atoms with Gasteiger partial charge in [0.25, 0.3) is 0 Å². The zero-order valence-corrected chi connectivity index (χ0v) is 8.92. The van der Waals surface area contributed by atoms with Crippen molar-refractivity contribution in [3.05, 3.63) is 0 Å². The maximum Gasteiger partial charge on any atom is 0.453 e. The van der Waals surface area contributed by atoms with Crippen LogP contribution in [0.5, 0.6) is 0 Å². The molecule has 0 N–H and O–H groups in total. The van der Waals surface area contributed by atoms with Crippen molar-refractivity contribution in [2.75, 3.05) is 6.61 Å². The molecular weight excluding hydrogens is 219 g/mol. The number of ether oxygens (including phenoxy) is 1. The van der Waals surface area contributed by atoms with E-state index in [1.165, 1.54) is 0 Å². The van der Waals surface area contributed by atoms with Gasteiger partial charge in [-0.05, 0) is 27.2 Å². The van der Waals surface area contributed by atoms with Gasteiger partial charge < -0.3 is 4.74 Å². The molecule has 0 radical (unpaired) electrons. The molecule has 0 saturated carbocycles. The van der Waals surface area contributed by atoms with Crippen LogP contribution in [0.25, 0.3) is 0 Å². The summed E-state index contributed by atoms with van der Waals surface area (Å²) in [6.07, 6.45) is -7.01. The largest absolute Gasteiger partial charge is 0.453 e. The highest BCUT2D eigenvalue weighted by molar-refractivity contribution is 4.75. The fourth-order valence-electron chi connectivity index (χ4n) is 0.814. The monoisotopic (exact) mass is 234 g/mol. The first-order valence-electron chi connectivity index (χ1n) is 4.54. The van der Waals surface area contributed by atoms with Gasteiger partial charge in [0, 0.05) is 13.0 Å². The van der Waals surface area contributed by atoms with E-state index in [0.29, 0.717) is 0 Å². The summed E-state index contributed by atoms with van der Waals surface area (Å²) in [4.78, 5) is 0. The summed E-state index contributed by atoms with van der Waals surface area (Å²) in [5.74, 6) is -4.62. The van der Waals surface area contributed by atoms with Gasteiger partial charge in [0.1, 0.15) is 0 Å². The van der Waals surface area contributed by atoms with Crippen molar-refractivity contribution in [1.82, 2.24) is 0 Å². The molecule has 0 bridgehead atoms. The second-order valence-electron chi connectivity index (χ2n) is 4.27. The van der Waals surface area contributed by atoms with Crippen LogP contribution in [0.1, 0.15) is 33.6 Å². The third-order valence-electron chi connectivity index (χ3n) is 1.58. The van der Waals surface area contributed by atoms with Crippen molar-refractivity contribution >= 4 is 0 Å². The summed E-state index contributed by atoms with van der Waals surface area (Å²) in [6.45, 7) is 5.01. The van der Waals surface area contributed by atoms with Crippen molar-refractivity contribution in [2.45, 2.75) is 51.3 Å². The molecule has 0 aliphatic heterocycles. The molecule has 0 aromatic heterocycles. The summed E-state index contributed by atoms with van der Waals surface area (Å²) in [5, 5.41) is 0. The lowest BCUT2D eigenvalue weighted by atomic mass is 10.1. The van der Waals surface area contributed by atoms with E-state index in [0.717, 1.165) is 0 Å². The van der Waals surface area contributed by atoms with Crippen molar-refractivity contribution in [1.29, 1.82) is 0 Å². The molecule has 0 aromatic rings. The molecule has 0 spiro atoms. The zero-order chi connectivity index (χ0) is 12.3. The first-order valence-corrected chi connectivity index (χ1v) is 4.54. The lowest BCUT2D eigenvalue weighted by molar-refractivity contribution is -0.285. The van der Waals surface area contributed by atoms with Crippen LogP contribution in [-0.4, -0.2) is 24.3 Å². The topological polar surface area (TPSA) is 9.23 Å². The Labute approximate surface area is 85.6 Å². The van der Waals surface area contributed by atoms with Gasteiger partial charge in [-0.15, -0.1) is 0 Å². The zero-order valence-electron chi connectivity index (χ0n) is 8.92.